The van der Waals surface area contributed by atoms with Crippen molar-refractivity contribution in [3.05, 3.63) is 71.3 Å². The molecule has 1 saturated heterocycles. The Kier molecular flexibility index (Phi) is 7.06. The predicted molar refractivity (Wildman–Crippen MR) is 111 cm³/mol. The van der Waals surface area contributed by atoms with Gasteiger partial charge >= 0.3 is 0 Å². The van der Waals surface area contributed by atoms with Crippen molar-refractivity contribution in [3.63, 3.8) is 0 Å². The van der Waals surface area contributed by atoms with Gasteiger partial charge in [-0.2, -0.15) is 0 Å². The predicted octanol–water partition coefficient (Wildman–Crippen LogP) is 4.49. The number of hydrogen-bond donors (Lipinski definition) is 1. The summed E-state index contributed by atoms with van der Waals surface area (Å²) in [5, 5.41) is 12.1. The first-order chi connectivity index (χ1) is 13.1. The highest BCUT2D eigenvalue weighted by Crippen LogP contribution is 2.41. The van der Waals surface area contributed by atoms with E-state index in [0.717, 1.165) is 57.7 Å². The molecule has 0 amide bonds. The number of aryl methyl sites for hydroxylation is 1. The normalized spacial score (nSPS) is 18.8. The first kappa shape index (κ1) is 20.1. The summed E-state index contributed by atoms with van der Waals surface area (Å²) in [6.07, 6.45) is 2.86. The third kappa shape index (κ3) is 4.98. The number of benzene rings is 2. The van der Waals surface area contributed by atoms with Gasteiger partial charge in [0.25, 0.3) is 0 Å². The average Bonchev–Trinajstić information content (AvgIpc) is 2.72. The van der Waals surface area contributed by atoms with Gasteiger partial charge in [-0.15, -0.1) is 0 Å². The molecule has 2 aromatic carbocycles. The highest BCUT2D eigenvalue weighted by Gasteiger charge is 2.39. The molecule has 1 aliphatic rings. The zero-order chi connectivity index (χ0) is 19.1. The lowest BCUT2D eigenvalue weighted by atomic mass is 9.74. The summed E-state index contributed by atoms with van der Waals surface area (Å²) in [4.78, 5) is 2.44. The molecular formula is C24H33NO2. The van der Waals surface area contributed by atoms with Crippen LogP contribution in [0.2, 0.25) is 0 Å². The van der Waals surface area contributed by atoms with E-state index in [1.165, 1.54) is 11.1 Å². The monoisotopic (exact) mass is 367 g/mol. The lowest BCUT2D eigenvalue weighted by Gasteiger charge is -2.41. The van der Waals surface area contributed by atoms with E-state index in [0.29, 0.717) is 0 Å². The third-order valence-corrected chi connectivity index (χ3v) is 5.79. The van der Waals surface area contributed by atoms with Gasteiger partial charge in [-0.3, -0.25) is 4.90 Å². The molecule has 0 spiro atoms. The van der Waals surface area contributed by atoms with Crippen molar-refractivity contribution >= 4 is 0 Å². The van der Waals surface area contributed by atoms with Crippen LogP contribution < -0.4 is 0 Å². The van der Waals surface area contributed by atoms with E-state index >= 15 is 0 Å². The largest absolute Gasteiger partial charge is 0.384 e. The molecule has 3 rings (SSSR count). The molecule has 3 nitrogen and oxygen atoms in total. The molecule has 0 bridgehead atoms. The van der Waals surface area contributed by atoms with Gasteiger partial charge in [0.1, 0.15) is 0 Å². The van der Waals surface area contributed by atoms with Gasteiger partial charge in [0.2, 0.25) is 0 Å². The molecule has 0 unspecified atom stereocenters. The van der Waals surface area contributed by atoms with Crippen LogP contribution in [0.1, 0.15) is 48.8 Å². The SMILES string of the molecule is CCCC[C@@](O)(c1ccc(C)cc1)[C@H](CN1CCOCC1)c1ccccc1. The van der Waals surface area contributed by atoms with Crippen LogP contribution in [0.3, 0.4) is 0 Å². The first-order valence-corrected chi connectivity index (χ1v) is 10.3. The van der Waals surface area contributed by atoms with Gasteiger partial charge < -0.3 is 9.84 Å². The van der Waals surface area contributed by atoms with Crippen molar-refractivity contribution in [2.45, 2.75) is 44.6 Å². The fraction of sp³-hybridized carbons (Fsp3) is 0.500. The number of ether oxygens (including phenoxy) is 1. The molecule has 2 atom stereocenters. The summed E-state index contributed by atoms with van der Waals surface area (Å²) >= 11 is 0. The van der Waals surface area contributed by atoms with E-state index in [2.05, 4.69) is 67.3 Å². The van der Waals surface area contributed by atoms with E-state index in [1.807, 2.05) is 6.07 Å². The molecule has 1 aliphatic heterocycles. The second-order valence-electron chi connectivity index (χ2n) is 7.77. The van der Waals surface area contributed by atoms with E-state index < -0.39 is 5.60 Å². The molecule has 0 radical (unpaired) electrons. The smallest absolute Gasteiger partial charge is 0.0977 e. The maximum absolute atomic E-state index is 12.1. The molecular weight excluding hydrogens is 334 g/mol. The molecule has 1 heterocycles. The zero-order valence-corrected chi connectivity index (χ0v) is 16.7. The van der Waals surface area contributed by atoms with Gasteiger partial charge in [0.15, 0.2) is 0 Å². The van der Waals surface area contributed by atoms with Crippen LogP contribution >= 0.6 is 0 Å². The van der Waals surface area contributed by atoms with Crippen molar-refractivity contribution in [2.24, 2.45) is 0 Å². The van der Waals surface area contributed by atoms with Crippen molar-refractivity contribution in [2.75, 3.05) is 32.8 Å². The van der Waals surface area contributed by atoms with Crippen molar-refractivity contribution in [3.8, 4) is 0 Å². The summed E-state index contributed by atoms with van der Waals surface area (Å²) in [5.74, 6) is 0.0334. The van der Waals surface area contributed by atoms with Gasteiger partial charge in [-0.25, -0.2) is 0 Å². The minimum atomic E-state index is -0.872. The number of nitrogens with zero attached hydrogens (tertiary/aromatic N) is 1. The lowest BCUT2D eigenvalue weighted by Crippen LogP contribution is -2.45. The van der Waals surface area contributed by atoms with E-state index in [-0.39, 0.29) is 5.92 Å². The average molecular weight is 368 g/mol. The topological polar surface area (TPSA) is 32.7 Å². The Balaban J connectivity index is 1.99. The maximum Gasteiger partial charge on any atom is 0.0977 e. The Morgan fingerprint density at radius 2 is 1.70 bits per heavy atom. The van der Waals surface area contributed by atoms with Crippen LogP contribution in [-0.2, 0) is 10.3 Å². The Labute approximate surface area is 164 Å². The highest BCUT2D eigenvalue weighted by atomic mass is 16.5. The Hall–Kier alpha value is -1.68. The van der Waals surface area contributed by atoms with E-state index in [4.69, 9.17) is 4.74 Å². The Morgan fingerprint density at radius 3 is 2.33 bits per heavy atom. The Bertz CT molecular complexity index is 679. The summed E-state index contributed by atoms with van der Waals surface area (Å²) in [7, 11) is 0. The summed E-state index contributed by atoms with van der Waals surface area (Å²) in [6.45, 7) is 8.55. The summed E-state index contributed by atoms with van der Waals surface area (Å²) in [5.41, 5.74) is 2.59. The number of unbranched alkanes of at least 4 members (excludes halogenated alkanes) is 1. The molecule has 1 fully saturated rings. The fourth-order valence-electron chi connectivity index (χ4n) is 4.07. The highest BCUT2D eigenvalue weighted by molar-refractivity contribution is 5.33. The number of aliphatic hydroxyl groups is 1. The number of rotatable bonds is 8. The molecule has 0 aromatic heterocycles. The van der Waals surface area contributed by atoms with Crippen LogP contribution in [0.4, 0.5) is 0 Å². The van der Waals surface area contributed by atoms with Crippen LogP contribution in [0, 0.1) is 6.92 Å². The van der Waals surface area contributed by atoms with Crippen LogP contribution in [0.25, 0.3) is 0 Å². The molecule has 1 N–H and O–H groups in total. The van der Waals surface area contributed by atoms with Crippen LogP contribution in [0.5, 0.6) is 0 Å². The van der Waals surface area contributed by atoms with E-state index in [1.54, 1.807) is 0 Å². The zero-order valence-electron chi connectivity index (χ0n) is 16.7. The molecule has 0 saturated carbocycles. The molecule has 2 aromatic rings. The van der Waals surface area contributed by atoms with Gasteiger partial charge in [0, 0.05) is 25.6 Å². The number of hydrogen-bond acceptors (Lipinski definition) is 3. The fourth-order valence-corrected chi connectivity index (χ4v) is 4.07. The van der Waals surface area contributed by atoms with Crippen molar-refractivity contribution < 1.29 is 9.84 Å². The standard InChI is InChI=1S/C24H33NO2/c1-3-4-14-24(26,22-12-10-20(2)11-13-22)23(21-8-6-5-7-9-21)19-25-15-17-27-18-16-25/h5-13,23,26H,3-4,14-19H2,1-2H3/t23-,24-/m1/s1. The van der Waals surface area contributed by atoms with Crippen LogP contribution in [0.15, 0.2) is 54.6 Å². The second-order valence-corrected chi connectivity index (χ2v) is 7.77. The maximum atomic E-state index is 12.1. The first-order valence-electron chi connectivity index (χ1n) is 10.3. The summed E-state index contributed by atoms with van der Waals surface area (Å²) in [6, 6.07) is 19.0. The Morgan fingerprint density at radius 1 is 1.04 bits per heavy atom. The van der Waals surface area contributed by atoms with Crippen LogP contribution in [-0.4, -0.2) is 42.9 Å². The minimum Gasteiger partial charge on any atom is -0.384 e. The quantitative estimate of drug-likeness (QED) is 0.746. The summed E-state index contributed by atoms with van der Waals surface area (Å²) < 4.78 is 5.53. The third-order valence-electron chi connectivity index (χ3n) is 5.79. The van der Waals surface area contributed by atoms with E-state index in [9.17, 15) is 5.11 Å². The molecule has 3 heteroatoms. The molecule has 27 heavy (non-hydrogen) atoms. The van der Waals surface area contributed by atoms with Gasteiger partial charge in [-0.05, 0) is 24.5 Å². The molecule has 0 aliphatic carbocycles. The van der Waals surface area contributed by atoms with Crippen molar-refractivity contribution in [1.29, 1.82) is 0 Å². The van der Waals surface area contributed by atoms with Gasteiger partial charge in [-0.1, -0.05) is 79.9 Å². The second kappa shape index (κ2) is 9.50. The van der Waals surface area contributed by atoms with Gasteiger partial charge in [0.05, 0.1) is 18.8 Å². The number of morpholine rings is 1. The minimum absolute atomic E-state index is 0.0334. The van der Waals surface area contributed by atoms with Crippen molar-refractivity contribution in [1.82, 2.24) is 4.90 Å². The molecule has 146 valence electrons. The lowest BCUT2D eigenvalue weighted by molar-refractivity contribution is -0.0293.